The molecule has 0 spiro atoms. The van der Waals surface area contributed by atoms with E-state index >= 15 is 0 Å². The van der Waals surface area contributed by atoms with Gasteiger partial charge in [0.05, 0.1) is 36.4 Å². The second-order valence-electron chi connectivity index (χ2n) is 18.3. The molecule has 0 aliphatic carbocycles. The van der Waals surface area contributed by atoms with E-state index in [0.29, 0.717) is 61.7 Å². The Labute approximate surface area is 389 Å². The molecule has 0 saturated heterocycles. The number of anilines is 2. The zero-order chi connectivity index (χ0) is 49.4. The number of fused-ring (bicyclic) bond motifs is 2. The Balaban J connectivity index is 0.000000254. The van der Waals surface area contributed by atoms with Crippen molar-refractivity contribution in [2.24, 2.45) is 0 Å². The second kappa shape index (κ2) is 21.9. The van der Waals surface area contributed by atoms with Gasteiger partial charge in [0, 0.05) is 25.3 Å². The lowest BCUT2D eigenvalue weighted by atomic mass is 9.95. The molecule has 2 aliphatic heterocycles. The highest BCUT2D eigenvalue weighted by atomic mass is 19.4. The number of rotatable bonds is 14. The average molecular weight is 942 g/mol. The Morgan fingerprint density at radius 2 is 1.13 bits per heavy atom. The molecule has 0 radical (unpaired) electrons. The van der Waals surface area contributed by atoms with Gasteiger partial charge in [-0.3, -0.25) is 19.4 Å². The summed E-state index contributed by atoms with van der Waals surface area (Å²) in [4.78, 5) is 41.8. The van der Waals surface area contributed by atoms with E-state index in [1.165, 1.54) is 12.1 Å². The maximum absolute atomic E-state index is 13.5. The summed E-state index contributed by atoms with van der Waals surface area (Å²) in [7, 11) is 1.78. The van der Waals surface area contributed by atoms with Crippen LogP contribution in [0.4, 0.5) is 42.5 Å². The minimum Gasteiger partial charge on any atom is -0.489 e. The van der Waals surface area contributed by atoms with Crippen LogP contribution in [0, 0.1) is 0 Å². The van der Waals surface area contributed by atoms with Gasteiger partial charge in [-0.1, -0.05) is 52.0 Å². The van der Waals surface area contributed by atoms with Crippen LogP contribution in [0.25, 0.3) is 0 Å². The van der Waals surface area contributed by atoms with Crippen LogP contribution in [-0.2, 0) is 57.5 Å². The van der Waals surface area contributed by atoms with Gasteiger partial charge in [-0.2, -0.15) is 26.3 Å². The van der Waals surface area contributed by atoms with Crippen molar-refractivity contribution in [2.75, 3.05) is 49.6 Å². The molecule has 67 heavy (non-hydrogen) atoms. The topological polar surface area (TPSA) is 97.8 Å². The predicted octanol–water partition coefficient (Wildman–Crippen LogP) is 11.9. The van der Waals surface area contributed by atoms with Crippen molar-refractivity contribution >= 4 is 29.3 Å². The summed E-state index contributed by atoms with van der Waals surface area (Å²) in [5.74, 6) is 0.259. The number of ether oxygens (including phenoxy) is 4. The lowest BCUT2D eigenvalue weighted by molar-refractivity contribution is -0.143. The van der Waals surface area contributed by atoms with Gasteiger partial charge in [-0.05, 0) is 141 Å². The van der Waals surface area contributed by atoms with Crippen LogP contribution < -0.4 is 19.3 Å². The van der Waals surface area contributed by atoms with E-state index in [1.807, 2.05) is 32.9 Å². The van der Waals surface area contributed by atoms with Crippen molar-refractivity contribution in [2.45, 2.75) is 118 Å². The van der Waals surface area contributed by atoms with E-state index in [4.69, 9.17) is 18.9 Å². The van der Waals surface area contributed by atoms with Gasteiger partial charge in [0.2, 0.25) is 5.91 Å². The maximum Gasteiger partial charge on any atom is 0.416 e. The third kappa shape index (κ3) is 14.4. The van der Waals surface area contributed by atoms with Gasteiger partial charge in [-0.25, -0.2) is 4.79 Å². The van der Waals surface area contributed by atoms with Gasteiger partial charge in [0.25, 0.3) is 0 Å². The highest BCUT2D eigenvalue weighted by Crippen LogP contribution is 2.39. The first-order valence-electron chi connectivity index (χ1n) is 22.4. The molecular weight excluding hydrogens is 881 g/mol. The Kier molecular flexibility index (Phi) is 17.1. The van der Waals surface area contributed by atoms with Gasteiger partial charge >= 0.3 is 24.4 Å². The molecule has 0 atom stereocenters. The van der Waals surface area contributed by atoms with E-state index in [1.54, 1.807) is 92.8 Å². The molecule has 364 valence electrons. The standard InChI is InChI=1S/C27H33F3N2O4.C24H28F3NO3/c1-5-35-26(34)11-12-31(4)16-25(33)32-13-10-20-15-21(7-9-24(20)32)36-17-19-6-8-22(18(2)3)23(14-19)27(28,29)30;1-15(2)19-8-6-16(12-20(19)24(25,26)27)14-30-18-7-9-21-17(13-18)10-11-28(21)22(29)31-23(3,4)5/h6-9,14-15,18H,5,10-13,16-17H2,1-4H3;6-9,12-13,15H,10-11,14H2,1-5H3. The number of carbonyl (C=O) groups excluding carboxylic acids is 3. The molecule has 0 unspecified atom stereocenters. The molecule has 2 amide bonds. The highest BCUT2D eigenvalue weighted by molar-refractivity contribution is 5.97. The Bertz CT molecular complexity index is 2370. The Hall–Kier alpha value is -5.77. The quantitative estimate of drug-likeness (QED) is 0.0911. The van der Waals surface area contributed by atoms with Crippen molar-refractivity contribution in [1.82, 2.24) is 4.90 Å². The molecule has 16 heteroatoms. The third-order valence-electron chi connectivity index (χ3n) is 11.1. The zero-order valence-corrected chi connectivity index (χ0v) is 39.6. The van der Waals surface area contributed by atoms with Crippen LogP contribution in [0.3, 0.4) is 0 Å². The lowest BCUT2D eigenvalue weighted by Crippen LogP contribution is -2.38. The number of nitrogens with zero attached hydrogens (tertiary/aromatic N) is 3. The number of amides is 2. The number of alkyl halides is 6. The minimum atomic E-state index is -4.42. The number of halogens is 6. The molecule has 0 fully saturated rings. The number of benzene rings is 4. The van der Waals surface area contributed by atoms with Gasteiger partial charge in [0.15, 0.2) is 0 Å². The van der Waals surface area contributed by atoms with Crippen molar-refractivity contribution < 1.29 is 59.7 Å². The molecule has 0 saturated carbocycles. The maximum atomic E-state index is 13.5. The number of hydrogen-bond donors (Lipinski definition) is 0. The molecule has 6 rings (SSSR count). The molecule has 2 aliphatic rings. The van der Waals surface area contributed by atoms with Crippen LogP contribution in [0.1, 0.15) is 118 Å². The second-order valence-corrected chi connectivity index (χ2v) is 18.3. The van der Waals surface area contributed by atoms with E-state index < -0.39 is 35.2 Å². The summed E-state index contributed by atoms with van der Waals surface area (Å²) in [6.45, 7) is 16.2. The molecule has 0 N–H and O–H groups in total. The van der Waals surface area contributed by atoms with Crippen molar-refractivity contribution in [1.29, 1.82) is 0 Å². The summed E-state index contributed by atoms with van der Waals surface area (Å²) in [5, 5.41) is 0. The van der Waals surface area contributed by atoms with Gasteiger partial charge in [0.1, 0.15) is 30.3 Å². The monoisotopic (exact) mass is 941 g/mol. The predicted molar refractivity (Wildman–Crippen MR) is 245 cm³/mol. The first-order valence-corrected chi connectivity index (χ1v) is 22.4. The van der Waals surface area contributed by atoms with Crippen LogP contribution >= 0.6 is 0 Å². The Morgan fingerprint density at radius 1 is 0.672 bits per heavy atom. The zero-order valence-electron chi connectivity index (χ0n) is 39.6. The van der Waals surface area contributed by atoms with Crippen molar-refractivity contribution in [3.63, 3.8) is 0 Å². The van der Waals surface area contributed by atoms with Gasteiger partial charge in [-0.15, -0.1) is 0 Å². The number of likely N-dealkylation sites (N-methyl/N-ethyl adjacent to an activating group) is 1. The normalized spacial score (nSPS) is 13.6. The molecule has 4 aromatic carbocycles. The molecule has 0 aromatic heterocycles. The van der Waals surface area contributed by atoms with Crippen LogP contribution in [0.15, 0.2) is 72.8 Å². The fourth-order valence-corrected chi connectivity index (χ4v) is 7.83. The third-order valence-corrected chi connectivity index (χ3v) is 11.1. The summed E-state index contributed by atoms with van der Waals surface area (Å²) in [6.07, 6.45) is -7.69. The van der Waals surface area contributed by atoms with Crippen molar-refractivity contribution in [3.8, 4) is 11.5 Å². The number of carbonyl (C=O) groups is 3. The highest BCUT2D eigenvalue weighted by Gasteiger charge is 2.36. The molecular formula is C51H61F6N3O7. The van der Waals surface area contributed by atoms with E-state index in [0.717, 1.165) is 34.6 Å². The van der Waals surface area contributed by atoms with Gasteiger partial charge < -0.3 is 23.8 Å². The van der Waals surface area contributed by atoms with E-state index in [9.17, 15) is 40.7 Å². The van der Waals surface area contributed by atoms with Crippen molar-refractivity contribution in [3.05, 3.63) is 117 Å². The number of esters is 1. The summed E-state index contributed by atoms with van der Waals surface area (Å²) < 4.78 is 103. The fourth-order valence-electron chi connectivity index (χ4n) is 7.83. The molecule has 2 heterocycles. The molecule has 10 nitrogen and oxygen atoms in total. The lowest BCUT2D eigenvalue weighted by Gasteiger charge is -2.24. The van der Waals surface area contributed by atoms with Crippen LogP contribution in [-0.4, -0.2) is 68.3 Å². The number of hydrogen-bond acceptors (Lipinski definition) is 8. The minimum absolute atomic E-state index is 0.00808. The van der Waals surface area contributed by atoms with E-state index in [2.05, 4.69) is 0 Å². The summed E-state index contributed by atoms with van der Waals surface area (Å²) in [6, 6.07) is 19.4. The average Bonchev–Trinajstić information content (AvgIpc) is 3.87. The van der Waals surface area contributed by atoms with Crippen LogP contribution in [0.2, 0.25) is 0 Å². The van der Waals surface area contributed by atoms with Crippen LogP contribution in [0.5, 0.6) is 11.5 Å². The fraction of sp³-hybridized carbons (Fsp3) is 0.471. The Morgan fingerprint density at radius 3 is 1.57 bits per heavy atom. The summed E-state index contributed by atoms with van der Waals surface area (Å²) in [5.41, 5.74) is 3.05. The summed E-state index contributed by atoms with van der Waals surface area (Å²) >= 11 is 0. The molecule has 0 bridgehead atoms. The molecule has 4 aromatic rings. The first kappa shape index (κ1) is 52.2. The first-order chi connectivity index (χ1) is 31.3. The smallest absolute Gasteiger partial charge is 0.416 e. The largest absolute Gasteiger partial charge is 0.489 e. The SMILES string of the molecule is CC(C)c1ccc(COc2ccc3c(c2)CCN3C(=O)OC(C)(C)C)cc1C(F)(F)F.CCOC(=O)CCN(C)CC(=O)N1CCc2cc(OCc3ccc(C(C)C)c(C(F)(F)F)c3)ccc21. The van der Waals surface area contributed by atoms with E-state index in [-0.39, 0.29) is 61.0 Å².